The molecule has 10 heteroatoms. The molecule has 2 aliphatic heterocycles. The number of nitrogens with one attached hydrogen (secondary N) is 1. The maximum absolute atomic E-state index is 13.9. The number of rotatable bonds is 5. The van der Waals surface area contributed by atoms with Gasteiger partial charge in [0.2, 0.25) is 5.43 Å². The van der Waals surface area contributed by atoms with E-state index in [-0.39, 0.29) is 35.1 Å². The second-order valence-electron chi connectivity index (χ2n) is 7.53. The van der Waals surface area contributed by atoms with Gasteiger partial charge in [-0.15, -0.1) is 0 Å². The predicted octanol–water partition coefficient (Wildman–Crippen LogP) is 1.87. The maximum Gasteiger partial charge on any atom is 0.274 e. The van der Waals surface area contributed by atoms with Gasteiger partial charge in [0.1, 0.15) is 23.3 Å². The van der Waals surface area contributed by atoms with Gasteiger partial charge in [-0.05, 0) is 13.0 Å². The summed E-state index contributed by atoms with van der Waals surface area (Å²) >= 11 is 0. The zero-order valence-electron chi connectivity index (χ0n) is 16.9. The molecule has 1 aromatic heterocycles. The Labute approximate surface area is 176 Å². The number of hydrogen-bond acceptors (Lipinski definition) is 5. The molecule has 0 saturated carbocycles. The largest absolute Gasteiger partial charge is 0.503 e. The molecule has 0 saturated heterocycles. The highest BCUT2D eigenvalue weighted by atomic mass is 19.1. The highest BCUT2D eigenvalue weighted by Gasteiger charge is 2.45. The molecule has 2 atom stereocenters. The Morgan fingerprint density at radius 2 is 2.06 bits per heavy atom. The SMILES string of the molecule is CCN1C[C@@H]2C[C@@H](OC)c3c(C(=O)NCc4ccc(F)cc4F)c(=O)c(O)c(n32)C1=O. The Morgan fingerprint density at radius 1 is 1.32 bits per heavy atom. The smallest absolute Gasteiger partial charge is 0.274 e. The molecule has 0 bridgehead atoms. The van der Waals surface area contributed by atoms with Crippen molar-refractivity contribution < 1.29 is 28.2 Å². The molecule has 0 radical (unpaired) electrons. The monoisotopic (exact) mass is 433 g/mol. The maximum atomic E-state index is 13.9. The molecule has 2 aliphatic rings. The number of aromatic nitrogens is 1. The molecule has 2 aromatic rings. The molecule has 164 valence electrons. The average molecular weight is 433 g/mol. The first-order valence-electron chi connectivity index (χ1n) is 9.84. The van der Waals surface area contributed by atoms with E-state index in [1.54, 1.807) is 6.92 Å². The first-order chi connectivity index (χ1) is 14.8. The topological polar surface area (TPSA) is 101 Å². The molecule has 3 heterocycles. The van der Waals surface area contributed by atoms with Gasteiger partial charge >= 0.3 is 0 Å². The number of likely N-dealkylation sites (N-methyl/N-ethyl adjacent to an activating group) is 1. The second kappa shape index (κ2) is 7.77. The van der Waals surface area contributed by atoms with Crippen molar-refractivity contribution in [2.45, 2.75) is 32.0 Å². The van der Waals surface area contributed by atoms with E-state index in [4.69, 9.17) is 4.74 Å². The van der Waals surface area contributed by atoms with Crippen LogP contribution in [0.2, 0.25) is 0 Å². The lowest BCUT2D eigenvalue weighted by Crippen LogP contribution is -2.44. The van der Waals surface area contributed by atoms with E-state index < -0.39 is 40.7 Å². The Hall–Kier alpha value is -3.27. The Balaban J connectivity index is 1.77. The third-order valence-electron chi connectivity index (χ3n) is 5.85. The molecular weight excluding hydrogens is 412 g/mol. The Kier molecular flexibility index (Phi) is 5.26. The first-order valence-corrected chi connectivity index (χ1v) is 9.84. The normalized spacial score (nSPS) is 19.5. The second-order valence-corrected chi connectivity index (χ2v) is 7.53. The van der Waals surface area contributed by atoms with Crippen molar-refractivity contribution >= 4 is 11.8 Å². The number of benzene rings is 1. The summed E-state index contributed by atoms with van der Waals surface area (Å²) in [5, 5.41) is 13.0. The average Bonchev–Trinajstić information content (AvgIpc) is 3.10. The minimum atomic E-state index is -0.993. The van der Waals surface area contributed by atoms with Crippen molar-refractivity contribution in [2.75, 3.05) is 20.2 Å². The van der Waals surface area contributed by atoms with E-state index in [2.05, 4.69) is 5.32 Å². The molecule has 2 N–H and O–H groups in total. The van der Waals surface area contributed by atoms with Crippen LogP contribution >= 0.6 is 0 Å². The van der Waals surface area contributed by atoms with Crippen LogP contribution in [-0.2, 0) is 11.3 Å². The van der Waals surface area contributed by atoms with Gasteiger partial charge in [-0.3, -0.25) is 14.4 Å². The predicted molar refractivity (Wildman–Crippen MR) is 105 cm³/mol. The summed E-state index contributed by atoms with van der Waals surface area (Å²) in [6, 6.07) is 2.67. The molecule has 4 rings (SSSR count). The van der Waals surface area contributed by atoms with E-state index in [1.807, 2.05) is 0 Å². The summed E-state index contributed by atoms with van der Waals surface area (Å²) in [6.07, 6.45) is -0.215. The van der Waals surface area contributed by atoms with Gasteiger partial charge in [0, 0.05) is 44.8 Å². The van der Waals surface area contributed by atoms with Crippen molar-refractivity contribution in [1.29, 1.82) is 0 Å². The van der Waals surface area contributed by atoms with Gasteiger partial charge in [0.15, 0.2) is 11.4 Å². The molecule has 0 fully saturated rings. The van der Waals surface area contributed by atoms with Crippen molar-refractivity contribution in [2.24, 2.45) is 0 Å². The molecule has 0 spiro atoms. The van der Waals surface area contributed by atoms with Crippen LogP contribution in [0.1, 0.15) is 57.6 Å². The van der Waals surface area contributed by atoms with Gasteiger partial charge in [-0.25, -0.2) is 8.78 Å². The number of carbonyl (C=O) groups is 2. The minimum absolute atomic E-state index is 0.0309. The van der Waals surface area contributed by atoms with E-state index in [0.717, 1.165) is 6.07 Å². The van der Waals surface area contributed by atoms with Crippen LogP contribution in [0.4, 0.5) is 8.78 Å². The van der Waals surface area contributed by atoms with Crippen LogP contribution in [0, 0.1) is 11.6 Å². The van der Waals surface area contributed by atoms with Crippen LogP contribution < -0.4 is 10.7 Å². The van der Waals surface area contributed by atoms with Crippen LogP contribution in [0.3, 0.4) is 0 Å². The standard InChI is InChI=1S/C21H21F2N3O5/c1-3-25-9-12-7-14(31-2)16-15(18(27)19(28)17(21(25)30)26(12)16)20(29)24-8-10-4-5-11(22)6-13(10)23/h4-6,12,14,28H,3,7-9H2,1-2H3,(H,24,29)/t12-,14+/m0/s1. The summed E-state index contributed by atoms with van der Waals surface area (Å²) in [4.78, 5) is 40.2. The number of nitrogens with zero attached hydrogens (tertiary/aromatic N) is 2. The fourth-order valence-electron chi connectivity index (χ4n) is 4.33. The van der Waals surface area contributed by atoms with E-state index in [1.165, 1.54) is 22.6 Å². The summed E-state index contributed by atoms with van der Waals surface area (Å²) in [5.74, 6) is -3.73. The number of hydrogen-bond donors (Lipinski definition) is 2. The number of pyridine rings is 1. The Morgan fingerprint density at radius 3 is 2.71 bits per heavy atom. The lowest BCUT2D eigenvalue weighted by atomic mass is 10.1. The number of methoxy groups -OCH3 is 1. The van der Waals surface area contributed by atoms with Gasteiger partial charge < -0.3 is 24.6 Å². The zero-order valence-corrected chi connectivity index (χ0v) is 16.9. The van der Waals surface area contributed by atoms with Crippen LogP contribution in [0.15, 0.2) is 23.0 Å². The van der Waals surface area contributed by atoms with Crippen LogP contribution in [0.25, 0.3) is 0 Å². The Bertz CT molecular complexity index is 1150. The molecule has 0 unspecified atom stereocenters. The number of ether oxygens (including phenoxy) is 1. The van der Waals surface area contributed by atoms with Crippen molar-refractivity contribution in [3.05, 3.63) is 62.6 Å². The number of aromatic hydroxyl groups is 1. The molecular formula is C21H21F2N3O5. The molecule has 0 aliphatic carbocycles. The summed E-state index contributed by atoms with van der Waals surface area (Å²) in [5.41, 5.74) is -1.25. The van der Waals surface area contributed by atoms with E-state index in [0.29, 0.717) is 25.6 Å². The van der Waals surface area contributed by atoms with E-state index in [9.17, 15) is 28.3 Å². The third kappa shape index (κ3) is 3.27. The van der Waals surface area contributed by atoms with Crippen LogP contribution in [-0.4, -0.2) is 46.6 Å². The zero-order chi connectivity index (χ0) is 22.4. The number of carbonyl (C=O) groups excluding carboxylic acids is 2. The minimum Gasteiger partial charge on any atom is -0.503 e. The van der Waals surface area contributed by atoms with Crippen molar-refractivity contribution in [3.63, 3.8) is 0 Å². The van der Waals surface area contributed by atoms with Crippen LogP contribution in [0.5, 0.6) is 5.75 Å². The fourth-order valence-corrected chi connectivity index (χ4v) is 4.33. The molecule has 8 nitrogen and oxygen atoms in total. The van der Waals surface area contributed by atoms with Crippen molar-refractivity contribution in [1.82, 2.24) is 14.8 Å². The van der Waals surface area contributed by atoms with Gasteiger partial charge in [0.05, 0.1) is 11.7 Å². The highest BCUT2D eigenvalue weighted by Crippen LogP contribution is 2.43. The summed E-state index contributed by atoms with van der Waals surface area (Å²) in [6.45, 7) is 2.26. The highest BCUT2D eigenvalue weighted by molar-refractivity contribution is 6.00. The fraction of sp³-hybridized carbons (Fsp3) is 0.381. The van der Waals surface area contributed by atoms with Crippen molar-refractivity contribution in [3.8, 4) is 5.75 Å². The summed E-state index contributed by atoms with van der Waals surface area (Å²) < 4.78 is 34.0. The van der Waals surface area contributed by atoms with Gasteiger partial charge in [-0.2, -0.15) is 0 Å². The molecule has 1 aromatic carbocycles. The molecule has 31 heavy (non-hydrogen) atoms. The van der Waals surface area contributed by atoms with E-state index >= 15 is 0 Å². The van der Waals surface area contributed by atoms with Gasteiger partial charge in [0.25, 0.3) is 11.8 Å². The lowest BCUT2D eigenvalue weighted by Gasteiger charge is -2.33. The lowest BCUT2D eigenvalue weighted by molar-refractivity contribution is 0.0653. The number of amides is 2. The summed E-state index contributed by atoms with van der Waals surface area (Å²) in [7, 11) is 1.43. The van der Waals surface area contributed by atoms with Gasteiger partial charge in [-0.1, -0.05) is 6.07 Å². The quantitative estimate of drug-likeness (QED) is 0.750. The third-order valence-corrected chi connectivity index (χ3v) is 5.85. The number of halogens is 2. The first kappa shape index (κ1) is 21.0. The molecule has 2 amide bonds.